The van der Waals surface area contributed by atoms with Gasteiger partial charge in [-0.3, -0.25) is 0 Å². The molecular weight excluding hydrogens is 210 g/mol. The lowest BCUT2D eigenvalue weighted by molar-refractivity contribution is 0.102. The second-order valence-corrected chi connectivity index (χ2v) is 7.59. The van der Waals surface area contributed by atoms with Crippen molar-refractivity contribution >= 4 is 0 Å². The molecule has 0 aromatic heterocycles. The van der Waals surface area contributed by atoms with E-state index in [-0.39, 0.29) is 12.0 Å². The van der Waals surface area contributed by atoms with Crippen LogP contribution in [0.4, 0.5) is 0 Å². The highest BCUT2D eigenvalue weighted by Gasteiger charge is 2.28. The number of aliphatic hydroxyl groups is 1. The Labute approximate surface area is 107 Å². The smallest absolute Gasteiger partial charge is 0.0494 e. The molecule has 1 N–H and O–H groups in total. The fraction of sp³-hybridized carbons (Fsp3) is 1.00. The van der Waals surface area contributed by atoms with Crippen LogP contribution >= 0.6 is 0 Å². The van der Waals surface area contributed by atoms with Gasteiger partial charge in [0, 0.05) is 18.6 Å². The minimum absolute atomic E-state index is 0.0432. The molecule has 17 heavy (non-hydrogen) atoms. The summed E-state index contributed by atoms with van der Waals surface area (Å²) in [5.74, 6) is 0.852. The predicted octanol–water partition coefficient (Wildman–Crippen LogP) is 3.15. The highest BCUT2D eigenvalue weighted by Crippen LogP contribution is 2.34. The van der Waals surface area contributed by atoms with Crippen LogP contribution in [0, 0.1) is 16.7 Å². The second kappa shape index (κ2) is 5.71. The summed E-state index contributed by atoms with van der Waals surface area (Å²) in [5, 5.41) is 9.35. The summed E-state index contributed by atoms with van der Waals surface area (Å²) in [6.45, 7) is 15.1. The topological polar surface area (TPSA) is 23.5 Å². The van der Waals surface area contributed by atoms with E-state index in [0.717, 1.165) is 12.5 Å². The first-order valence-electron chi connectivity index (χ1n) is 7.08. The van der Waals surface area contributed by atoms with E-state index in [0.29, 0.717) is 5.41 Å². The minimum atomic E-state index is 0.0432. The van der Waals surface area contributed by atoms with E-state index in [1.807, 2.05) is 0 Å². The van der Waals surface area contributed by atoms with Gasteiger partial charge in [-0.25, -0.2) is 0 Å². The molecular formula is C15H31NO. The molecule has 0 amide bonds. The third-order valence-electron chi connectivity index (χ3n) is 4.13. The van der Waals surface area contributed by atoms with Gasteiger partial charge in [-0.05, 0) is 43.7 Å². The third kappa shape index (κ3) is 4.97. The van der Waals surface area contributed by atoms with Crippen LogP contribution in [0.1, 0.15) is 53.9 Å². The zero-order valence-electron chi connectivity index (χ0n) is 12.4. The molecule has 0 aromatic rings. The van der Waals surface area contributed by atoms with Crippen LogP contribution in [0.5, 0.6) is 0 Å². The summed E-state index contributed by atoms with van der Waals surface area (Å²) in [6.07, 6.45) is 3.98. The van der Waals surface area contributed by atoms with Crippen molar-refractivity contribution in [3.8, 4) is 0 Å². The third-order valence-corrected chi connectivity index (χ3v) is 4.13. The highest BCUT2D eigenvalue weighted by molar-refractivity contribution is 4.81. The van der Waals surface area contributed by atoms with Gasteiger partial charge in [-0.1, -0.05) is 34.6 Å². The van der Waals surface area contributed by atoms with Crippen molar-refractivity contribution < 1.29 is 5.11 Å². The normalized spacial score (nSPS) is 24.7. The van der Waals surface area contributed by atoms with Crippen LogP contribution in [-0.4, -0.2) is 36.2 Å². The monoisotopic (exact) mass is 241 g/mol. The van der Waals surface area contributed by atoms with Crippen LogP contribution in [-0.2, 0) is 0 Å². The number of hydrogen-bond donors (Lipinski definition) is 1. The Balaban J connectivity index is 2.48. The molecule has 0 radical (unpaired) electrons. The number of rotatable bonds is 3. The van der Waals surface area contributed by atoms with E-state index in [1.54, 1.807) is 0 Å². The highest BCUT2D eigenvalue weighted by atomic mass is 16.3. The average Bonchev–Trinajstić information content (AvgIpc) is 2.42. The molecule has 1 aliphatic heterocycles. The number of likely N-dealkylation sites (tertiary alicyclic amines) is 1. The zero-order valence-corrected chi connectivity index (χ0v) is 12.4. The quantitative estimate of drug-likeness (QED) is 0.820. The largest absolute Gasteiger partial charge is 0.396 e. The van der Waals surface area contributed by atoms with Crippen molar-refractivity contribution in [2.24, 2.45) is 16.7 Å². The Morgan fingerprint density at radius 1 is 1.06 bits per heavy atom. The maximum atomic E-state index is 9.35. The lowest BCUT2D eigenvalue weighted by Crippen LogP contribution is -2.37. The number of nitrogens with zero attached hydrogens (tertiary/aromatic N) is 1. The van der Waals surface area contributed by atoms with Gasteiger partial charge in [-0.15, -0.1) is 0 Å². The molecule has 1 saturated heterocycles. The second-order valence-electron chi connectivity index (χ2n) is 7.59. The first kappa shape index (κ1) is 15.0. The maximum Gasteiger partial charge on any atom is 0.0494 e. The van der Waals surface area contributed by atoms with Gasteiger partial charge < -0.3 is 10.0 Å². The Hall–Kier alpha value is -0.0800. The van der Waals surface area contributed by atoms with E-state index >= 15 is 0 Å². The minimum Gasteiger partial charge on any atom is -0.396 e. The van der Waals surface area contributed by atoms with Crippen LogP contribution in [0.3, 0.4) is 0 Å². The van der Waals surface area contributed by atoms with Crippen molar-refractivity contribution in [1.82, 2.24) is 4.90 Å². The average molecular weight is 241 g/mol. The van der Waals surface area contributed by atoms with E-state index in [1.165, 1.54) is 32.4 Å². The molecule has 102 valence electrons. The van der Waals surface area contributed by atoms with Crippen molar-refractivity contribution in [2.75, 3.05) is 26.2 Å². The number of hydrogen-bond acceptors (Lipinski definition) is 2. The molecule has 1 atom stereocenters. The molecule has 2 nitrogen and oxygen atoms in total. The van der Waals surface area contributed by atoms with Gasteiger partial charge in [0.1, 0.15) is 0 Å². The molecule has 0 aromatic carbocycles. The molecule has 0 saturated carbocycles. The van der Waals surface area contributed by atoms with Crippen LogP contribution < -0.4 is 0 Å². The molecule has 0 spiro atoms. The summed E-state index contributed by atoms with van der Waals surface area (Å²) in [5.41, 5.74) is 0.490. The van der Waals surface area contributed by atoms with Gasteiger partial charge in [0.15, 0.2) is 0 Å². The molecule has 1 rings (SSSR count). The van der Waals surface area contributed by atoms with Gasteiger partial charge in [0.2, 0.25) is 0 Å². The first-order valence-corrected chi connectivity index (χ1v) is 7.08. The maximum absolute atomic E-state index is 9.35. The molecule has 1 aliphatic rings. The van der Waals surface area contributed by atoms with E-state index < -0.39 is 0 Å². The SMILES string of the molecule is CC(C)(CO)CN1CCCC(C(C)(C)C)CC1. The molecule has 1 unspecified atom stereocenters. The fourth-order valence-corrected chi connectivity index (χ4v) is 2.84. The summed E-state index contributed by atoms with van der Waals surface area (Å²) in [4.78, 5) is 2.54. The fourth-order valence-electron chi connectivity index (χ4n) is 2.84. The Kier molecular flexibility index (Phi) is 5.03. The van der Waals surface area contributed by atoms with Crippen LogP contribution in [0.15, 0.2) is 0 Å². The lowest BCUT2D eigenvalue weighted by Gasteiger charge is -2.32. The molecule has 0 bridgehead atoms. The standard InChI is InChI=1S/C15H31NO/c1-14(2,3)13-7-6-9-16(10-8-13)11-15(4,5)12-17/h13,17H,6-12H2,1-5H3. The molecule has 1 heterocycles. The van der Waals surface area contributed by atoms with Gasteiger partial charge in [0.05, 0.1) is 0 Å². The molecule has 2 heteroatoms. The Morgan fingerprint density at radius 3 is 2.24 bits per heavy atom. The predicted molar refractivity (Wildman–Crippen MR) is 74.1 cm³/mol. The van der Waals surface area contributed by atoms with E-state index in [4.69, 9.17) is 0 Å². The van der Waals surface area contributed by atoms with Gasteiger partial charge in [-0.2, -0.15) is 0 Å². The number of aliphatic hydroxyl groups excluding tert-OH is 1. The molecule has 0 aliphatic carbocycles. The van der Waals surface area contributed by atoms with Crippen molar-refractivity contribution in [3.05, 3.63) is 0 Å². The zero-order chi connectivity index (χ0) is 13.1. The summed E-state index contributed by atoms with van der Waals surface area (Å²) in [7, 11) is 0. The summed E-state index contributed by atoms with van der Waals surface area (Å²) >= 11 is 0. The lowest BCUT2D eigenvalue weighted by atomic mass is 9.77. The van der Waals surface area contributed by atoms with Crippen molar-refractivity contribution in [3.63, 3.8) is 0 Å². The Bertz CT molecular complexity index is 230. The van der Waals surface area contributed by atoms with E-state index in [2.05, 4.69) is 39.5 Å². The van der Waals surface area contributed by atoms with Crippen molar-refractivity contribution in [1.29, 1.82) is 0 Å². The summed E-state index contributed by atoms with van der Waals surface area (Å²) in [6, 6.07) is 0. The van der Waals surface area contributed by atoms with E-state index in [9.17, 15) is 5.11 Å². The molecule has 1 fully saturated rings. The van der Waals surface area contributed by atoms with Gasteiger partial charge in [0.25, 0.3) is 0 Å². The summed E-state index contributed by atoms with van der Waals surface area (Å²) < 4.78 is 0. The Morgan fingerprint density at radius 2 is 1.71 bits per heavy atom. The van der Waals surface area contributed by atoms with Crippen LogP contribution in [0.2, 0.25) is 0 Å². The first-order chi connectivity index (χ1) is 7.74. The van der Waals surface area contributed by atoms with Crippen molar-refractivity contribution in [2.45, 2.75) is 53.9 Å². The van der Waals surface area contributed by atoms with Gasteiger partial charge >= 0.3 is 0 Å². The van der Waals surface area contributed by atoms with Crippen LogP contribution in [0.25, 0.3) is 0 Å².